The normalized spacial score (nSPS) is 18.8. The van der Waals surface area contributed by atoms with Gasteiger partial charge >= 0.3 is 0 Å². The van der Waals surface area contributed by atoms with Crippen LogP contribution in [0.3, 0.4) is 0 Å². The summed E-state index contributed by atoms with van der Waals surface area (Å²) in [6.45, 7) is 14.5. The number of hydrogen-bond acceptors (Lipinski definition) is 4. The van der Waals surface area contributed by atoms with Gasteiger partial charge in [0, 0.05) is 36.9 Å². The van der Waals surface area contributed by atoms with Gasteiger partial charge in [-0.2, -0.15) is 0 Å². The van der Waals surface area contributed by atoms with Crippen LogP contribution in [-0.2, 0) is 9.84 Å². The number of nitrogens with zero attached hydrogens (tertiary/aromatic N) is 2. The van der Waals surface area contributed by atoms with E-state index >= 15 is 0 Å². The minimum Gasteiger partial charge on any atom is -0.344 e. The first-order chi connectivity index (χ1) is 13.0. The molecule has 0 unspecified atom stereocenters. The second-order valence-corrected chi connectivity index (χ2v) is 11.0. The van der Waals surface area contributed by atoms with Crippen molar-refractivity contribution in [3.63, 3.8) is 0 Å². The molecule has 1 saturated heterocycles. The summed E-state index contributed by atoms with van der Waals surface area (Å²) in [6.07, 6.45) is 0.639. The molecular weight excluding hydrogens is 390 g/mol. The summed E-state index contributed by atoms with van der Waals surface area (Å²) in [5.41, 5.74) is 3.35. The first-order valence-corrected chi connectivity index (χ1v) is 12.3. The van der Waals surface area contributed by atoms with E-state index in [0.717, 1.165) is 17.8 Å². The molecule has 0 spiro atoms. The van der Waals surface area contributed by atoms with Crippen LogP contribution in [0.1, 0.15) is 45.2 Å². The molecule has 1 heterocycles. The number of benzene rings is 1. The summed E-state index contributed by atoms with van der Waals surface area (Å²) in [6, 6.07) is 6.90. The van der Waals surface area contributed by atoms with Crippen molar-refractivity contribution in [2.45, 2.75) is 66.1 Å². The van der Waals surface area contributed by atoms with E-state index in [4.69, 9.17) is 12.2 Å². The summed E-state index contributed by atoms with van der Waals surface area (Å²) >= 11 is 5.76. The molecule has 0 saturated carbocycles. The van der Waals surface area contributed by atoms with E-state index in [1.807, 2.05) is 12.1 Å². The third-order valence-electron chi connectivity index (χ3n) is 5.68. The Hall–Kier alpha value is -1.18. The molecule has 1 aliphatic heterocycles. The smallest absolute Gasteiger partial charge is 0.173 e. The quantitative estimate of drug-likeness (QED) is 0.674. The first-order valence-electron chi connectivity index (χ1n) is 10.1. The molecule has 1 N–H and O–H groups in total. The van der Waals surface area contributed by atoms with E-state index in [0.29, 0.717) is 30.2 Å². The molecule has 2 rings (SSSR count). The Morgan fingerprint density at radius 1 is 1.18 bits per heavy atom. The Balaban J connectivity index is 2.20. The van der Waals surface area contributed by atoms with Crippen molar-refractivity contribution < 1.29 is 8.42 Å². The van der Waals surface area contributed by atoms with Gasteiger partial charge in [-0.1, -0.05) is 12.1 Å². The lowest BCUT2D eigenvalue weighted by molar-refractivity contribution is 0.155. The molecule has 0 bridgehead atoms. The number of rotatable bonds is 7. The molecule has 5 nitrogen and oxygen atoms in total. The van der Waals surface area contributed by atoms with E-state index in [2.05, 4.69) is 62.7 Å². The zero-order valence-corrected chi connectivity index (χ0v) is 19.7. The maximum atomic E-state index is 12.1. The number of hydrogen-bond donors (Lipinski definition) is 1. The van der Waals surface area contributed by atoms with Gasteiger partial charge in [-0.05, 0) is 77.4 Å². The predicted molar refractivity (Wildman–Crippen MR) is 123 cm³/mol. The fraction of sp³-hybridized carbons (Fsp3) is 0.667. The highest BCUT2D eigenvalue weighted by atomic mass is 32.2. The molecule has 1 aromatic rings. The summed E-state index contributed by atoms with van der Waals surface area (Å²) in [5.74, 6) is 0.434. The van der Waals surface area contributed by atoms with Crippen LogP contribution in [0.25, 0.3) is 0 Å². The molecule has 1 aliphatic rings. The minimum atomic E-state index is -2.98. The molecule has 1 atom stereocenters. The highest BCUT2D eigenvalue weighted by Crippen LogP contribution is 2.22. The van der Waals surface area contributed by atoms with Crippen molar-refractivity contribution in [1.82, 2.24) is 9.80 Å². The number of nitrogens with one attached hydrogen (secondary N) is 1. The van der Waals surface area contributed by atoms with Gasteiger partial charge in [0.05, 0.1) is 11.5 Å². The Morgan fingerprint density at radius 3 is 2.36 bits per heavy atom. The van der Waals surface area contributed by atoms with Gasteiger partial charge in [0.25, 0.3) is 0 Å². The van der Waals surface area contributed by atoms with Crippen LogP contribution in [0.15, 0.2) is 18.2 Å². The van der Waals surface area contributed by atoms with E-state index in [9.17, 15) is 8.42 Å². The fourth-order valence-electron chi connectivity index (χ4n) is 3.88. The van der Waals surface area contributed by atoms with Crippen LogP contribution in [0.2, 0.25) is 0 Å². The van der Waals surface area contributed by atoms with Crippen molar-refractivity contribution in [3.8, 4) is 0 Å². The molecule has 0 radical (unpaired) electrons. The maximum Gasteiger partial charge on any atom is 0.173 e. The molecule has 7 heteroatoms. The summed E-state index contributed by atoms with van der Waals surface area (Å²) in [5, 5.41) is 4.00. The number of aryl methyl sites for hydroxylation is 1. The molecule has 1 aromatic carbocycles. The molecular formula is C21H35N3O2S2. The molecule has 0 aliphatic carbocycles. The average molecular weight is 426 g/mol. The predicted octanol–water partition coefficient (Wildman–Crippen LogP) is 3.61. The van der Waals surface area contributed by atoms with E-state index in [1.165, 1.54) is 5.56 Å². The van der Waals surface area contributed by atoms with Crippen LogP contribution in [0.4, 0.5) is 5.69 Å². The second-order valence-electron chi connectivity index (χ2n) is 8.35. The third-order valence-corrected chi connectivity index (χ3v) is 7.77. The van der Waals surface area contributed by atoms with Crippen molar-refractivity contribution in [3.05, 3.63) is 29.3 Å². The van der Waals surface area contributed by atoms with Crippen LogP contribution in [0.5, 0.6) is 0 Å². The Kier molecular flexibility index (Phi) is 7.88. The Morgan fingerprint density at radius 2 is 1.82 bits per heavy atom. The van der Waals surface area contributed by atoms with Gasteiger partial charge in [0.1, 0.15) is 0 Å². The number of anilines is 1. The lowest BCUT2D eigenvalue weighted by Gasteiger charge is -2.36. The van der Waals surface area contributed by atoms with Crippen molar-refractivity contribution in [2.75, 3.05) is 29.9 Å². The van der Waals surface area contributed by atoms with Gasteiger partial charge in [-0.3, -0.25) is 4.90 Å². The van der Waals surface area contributed by atoms with Crippen molar-refractivity contribution in [2.24, 2.45) is 0 Å². The summed E-state index contributed by atoms with van der Waals surface area (Å²) < 4.78 is 24.2. The van der Waals surface area contributed by atoms with Crippen molar-refractivity contribution >= 4 is 32.9 Å². The minimum absolute atomic E-state index is 0.0590. The lowest BCUT2D eigenvalue weighted by atomic mass is 10.1. The number of thiocarbonyl (C=S) groups is 1. The molecule has 28 heavy (non-hydrogen) atoms. The van der Waals surface area contributed by atoms with E-state index < -0.39 is 9.84 Å². The number of sulfone groups is 1. The monoisotopic (exact) mass is 425 g/mol. The molecule has 0 amide bonds. The molecule has 1 fully saturated rings. The van der Waals surface area contributed by atoms with E-state index in [-0.39, 0.29) is 17.5 Å². The molecule has 0 aromatic heterocycles. The van der Waals surface area contributed by atoms with Gasteiger partial charge in [0.15, 0.2) is 14.9 Å². The lowest BCUT2D eigenvalue weighted by Crippen LogP contribution is -2.49. The fourth-order valence-corrected chi connectivity index (χ4v) is 5.96. The highest BCUT2D eigenvalue weighted by molar-refractivity contribution is 7.91. The summed E-state index contributed by atoms with van der Waals surface area (Å²) in [7, 11) is -2.98. The van der Waals surface area contributed by atoms with Gasteiger partial charge < -0.3 is 10.2 Å². The van der Waals surface area contributed by atoms with Crippen molar-refractivity contribution in [1.29, 1.82) is 0 Å². The SMILES string of the molecule is Cc1cccc(NC(=S)N(CCN(C(C)C)C(C)C)[C@@H]2CCS(=O)(=O)C2)c1C. The van der Waals surface area contributed by atoms with Gasteiger partial charge in [0.2, 0.25) is 0 Å². The van der Waals surface area contributed by atoms with E-state index in [1.54, 1.807) is 0 Å². The zero-order valence-electron chi connectivity index (χ0n) is 18.0. The highest BCUT2D eigenvalue weighted by Gasteiger charge is 2.34. The standard InChI is InChI=1S/C21H35N3O2S2/c1-15(2)23(16(3)4)11-12-24(19-10-13-28(25,26)14-19)21(27)22-20-9-7-8-17(5)18(20)6/h7-9,15-16,19H,10-14H2,1-6H3,(H,22,27)/t19-/m1/s1. The van der Waals surface area contributed by atoms with Crippen LogP contribution >= 0.6 is 12.2 Å². The zero-order chi connectivity index (χ0) is 21.1. The van der Waals surface area contributed by atoms with Gasteiger partial charge in [-0.15, -0.1) is 0 Å². The topological polar surface area (TPSA) is 52.6 Å². The largest absolute Gasteiger partial charge is 0.344 e. The van der Waals surface area contributed by atoms with Crippen LogP contribution in [0, 0.1) is 13.8 Å². The maximum absolute atomic E-state index is 12.1. The third kappa shape index (κ3) is 5.91. The summed E-state index contributed by atoms with van der Waals surface area (Å²) in [4.78, 5) is 4.51. The average Bonchev–Trinajstić information content (AvgIpc) is 2.94. The second kappa shape index (κ2) is 9.55. The van der Waals surface area contributed by atoms with Crippen LogP contribution in [-0.4, -0.2) is 66.1 Å². The molecule has 158 valence electrons. The van der Waals surface area contributed by atoms with Gasteiger partial charge in [-0.25, -0.2) is 8.42 Å². The first kappa shape index (κ1) is 23.1. The van der Waals surface area contributed by atoms with Crippen LogP contribution < -0.4 is 5.32 Å². The Labute approximate surface area is 176 Å². The Bertz CT molecular complexity index is 783.